The first kappa shape index (κ1) is 22.3. The number of carbonyl (C=O) groups excluding carboxylic acids is 1. The predicted molar refractivity (Wildman–Crippen MR) is 127 cm³/mol. The fraction of sp³-hybridized carbons (Fsp3) is 0.391. The number of carbonyl (C=O) groups is 1. The molecule has 8 heteroatoms. The van der Waals surface area contributed by atoms with Crippen LogP contribution < -0.4 is 4.90 Å². The van der Waals surface area contributed by atoms with Crippen molar-refractivity contribution in [2.75, 3.05) is 11.4 Å². The summed E-state index contributed by atoms with van der Waals surface area (Å²) in [5.74, 6) is 0.353. The quantitative estimate of drug-likeness (QED) is 0.363. The van der Waals surface area contributed by atoms with Crippen LogP contribution in [0.5, 0.6) is 0 Å². The van der Waals surface area contributed by atoms with Crippen LogP contribution in [-0.4, -0.2) is 22.1 Å². The molecule has 0 amide bonds. The van der Waals surface area contributed by atoms with Crippen LogP contribution in [-0.2, 0) is 16.1 Å². The van der Waals surface area contributed by atoms with Gasteiger partial charge in [-0.2, -0.15) is 0 Å². The second-order valence-electron chi connectivity index (χ2n) is 7.99. The first-order valence-corrected chi connectivity index (χ1v) is 11.6. The van der Waals surface area contributed by atoms with Crippen LogP contribution in [0, 0.1) is 5.92 Å². The van der Waals surface area contributed by atoms with Crippen molar-refractivity contribution in [3.8, 4) is 0 Å². The lowest BCUT2D eigenvalue weighted by Crippen LogP contribution is -2.28. The van der Waals surface area contributed by atoms with E-state index in [4.69, 9.17) is 44.5 Å². The van der Waals surface area contributed by atoms with Crippen LogP contribution in [0.3, 0.4) is 0 Å². The second-order valence-corrected chi connectivity index (χ2v) is 9.24. The number of anilines is 2. The number of hydrogen-bond acceptors (Lipinski definition) is 4. The van der Waals surface area contributed by atoms with E-state index in [1.807, 2.05) is 45.0 Å². The summed E-state index contributed by atoms with van der Waals surface area (Å²) in [5, 5.41) is 1.71. The molecule has 0 saturated heterocycles. The fourth-order valence-electron chi connectivity index (χ4n) is 3.96. The first-order chi connectivity index (χ1) is 14.8. The standard InChI is InChI=1S/C23H24Cl3N3O2/c1-4-19(31-22(30)13(2)3)15-7-8-16(25)20-21(15)29-11-5-10-28(23(29)27-20)18-9-6-14(24)12-17(18)26/h6-9,12-13,19H,4-5,10-11H2,1-3H3. The van der Waals surface area contributed by atoms with Gasteiger partial charge in [-0.15, -0.1) is 0 Å². The number of imidazole rings is 1. The molecular weight excluding hydrogens is 457 g/mol. The number of aryl methyl sites for hydroxylation is 1. The van der Waals surface area contributed by atoms with Crippen LogP contribution in [0.25, 0.3) is 11.0 Å². The van der Waals surface area contributed by atoms with Crippen LogP contribution in [0.2, 0.25) is 15.1 Å². The van der Waals surface area contributed by atoms with Gasteiger partial charge in [0.15, 0.2) is 0 Å². The summed E-state index contributed by atoms with van der Waals surface area (Å²) in [7, 11) is 0. The molecule has 1 aromatic heterocycles. The molecule has 0 radical (unpaired) electrons. The van der Waals surface area contributed by atoms with Crippen molar-refractivity contribution in [2.45, 2.75) is 46.3 Å². The van der Waals surface area contributed by atoms with E-state index >= 15 is 0 Å². The largest absolute Gasteiger partial charge is 0.457 e. The Hall–Kier alpha value is -1.95. The highest BCUT2D eigenvalue weighted by atomic mass is 35.5. The van der Waals surface area contributed by atoms with Gasteiger partial charge in [0, 0.05) is 23.7 Å². The van der Waals surface area contributed by atoms with Gasteiger partial charge in [-0.25, -0.2) is 4.98 Å². The van der Waals surface area contributed by atoms with Crippen molar-refractivity contribution >= 4 is 63.4 Å². The van der Waals surface area contributed by atoms with Crippen molar-refractivity contribution in [1.29, 1.82) is 0 Å². The van der Waals surface area contributed by atoms with Crippen LogP contribution >= 0.6 is 34.8 Å². The second kappa shape index (κ2) is 8.89. The molecule has 31 heavy (non-hydrogen) atoms. The van der Waals surface area contributed by atoms with Crippen molar-refractivity contribution in [3.63, 3.8) is 0 Å². The molecule has 5 nitrogen and oxygen atoms in total. The van der Waals surface area contributed by atoms with E-state index in [-0.39, 0.29) is 18.0 Å². The molecule has 0 saturated carbocycles. The van der Waals surface area contributed by atoms with Crippen molar-refractivity contribution < 1.29 is 9.53 Å². The highest BCUT2D eigenvalue weighted by molar-refractivity contribution is 6.36. The van der Waals surface area contributed by atoms with E-state index in [1.165, 1.54) is 0 Å². The zero-order valence-corrected chi connectivity index (χ0v) is 19.9. The van der Waals surface area contributed by atoms with E-state index in [1.54, 1.807) is 6.07 Å². The molecule has 2 heterocycles. The maximum Gasteiger partial charge on any atom is 0.308 e. The number of fused-ring (bicyclic) bond motifs is 3. The van der Waals surface area contributed by atoms with Gasteiger partial charge in [-0.3, -0.25) is 4.79 Å². The number of aromatic nitrogens is 2. The minimum Gasteiger partial charge on any atom is -0.457 e. The van der Waals surface area contributed by atoms with E-state index < -0.39 is 0 Å². The molecule has 0 bridgehead atoms. The molecule has 0 aliphatic carbocycles. The maximum atomic E-state index is 12.3. The third-order valence-corrected chi connectivity index (χ3v) is 6.35. The Morgan fingerprint density at radius 3 is 2.58 bits per heavy atom. The summed E-state index contributed by atoms with van der Waals surface area (Å²) >= 11 is 19.2. The molecule has 1 aliphatic rings. The van der Waals surface area contributed by atoms with Gasteiger partial charge in [-0.1, -0.05) is 61.6 Å². The number of rotatable bonds is 5. The van der Waals surface area contributed by atoms with E-state index in [0.717, 1.165) is 42.2 Å². The van der Waals surface area contributed by atoms with Gasteiger partial charge in [0.1, 0.15) is 11.6 Å². The van der Waals surface area contributed by atoms with E-state index in [2.05, 4.69) is 9.47 Å². The summed E-state index contributed by atoms with van der Waals surface area (Å²) < 4.78 is 7.98. The molecule has 0 fully saturated rings. The molecular formula is C23H24Cl3N3O2. The Kier molecular flexibility index (Phi) is 6.38. The zero-order valence-electron chi connectivity index (χ0n) is 17.7. The SMILES string of the molecule is CCC(OC(=O)C(C)C)c1ccc(Cl)c2nc3n(c12)CCCN3c1ccc(Cl)cc1Cl. The lowest BCUT2D eigenvalue weighted by atomic mass is 10.0. The highest BCUT2D eigenvalue weighted by Crippen LogP contribution is 2.41. The van der Waals surface area contributed by atoms with Gasteiger partial charge in [0.2, 0.25) is 5.95 Å². The Bertz CT molecular complexity index is 1140. The van der Waals surface area contributed by atoms with Crippen LogP contribution in [0.4, 0.5) is 11.6 Å². The smallest absolute Gasteiger partial charge is 0.308 e. The zero-order chi connectivity index (χ0) is 22.3. The van der Waals surface area contributed by atoms with Gasteiger partial charge < -0.3 is 14.2 Å². The average molecular weight is 481 g/mol. The summed E-state index contributed by atoms with van der Waals surface area (Å²) in [6, 6.07) is 9.22. The lowest BCUT2D eigenvalue weighted by molar-refractivity contribution is -0.153. The third kappa shape index (κ3) is 4.11. The van der Waals surface area contributed by atoms with Crippen LogP contribution in [0.1, 0.15) is 45.3 Å². The number of ether oxygens (including phenoxy) is 1. The van der Waals surface area contributed by atoms with E-state index in [0.29, 0.717) is 27.0 Å². The average Bonchev–Trinajstić information content (AvgIpc) is 3.13. The normalized spacial score (nSPS) is 14.7. The molecule has 3 aromatic rings. The number of benzene rings is 2. The molecule has 1 atom stereocenters. The predicted octanol–water partition coefficient (Wildman–Crippen LogP) is 7.19. The number of hydrogen-bond donors (Lipinski definition) is 0. The molecule has 1 aliphatic heterocycles. The topological polar surface area (TPSA) is 47.4 Å². The third-order valence-electron chi connectivity index (χ3n) is 5.51. The van der Waals surface area contributed by atoms with Gasteiger partial charge in [0.25, 0.3) is 0 Å². The number of nitrogens with zero attached hydrogens (tertiary/aromatic N) is 3. The van der Waals surface area contributed by atoms with Gasteiger partial charge in [-0.05, 0) is 37.1 Å². The first-order valence-electron chi connectivity index (χ1n) is 10.4. The van der Waals surface area contributed by atoms with Gasteiger partial charge >= 0.3 is 5.97 Å². The molecule has 164 valence electrons. The van der Waals surface area contributed by atoms with Crippen LogP contribution in [0.15, 0.2) is 30.3 Å². The minimum absolute atomic E-state index is 0.196. The Balaban J connectivity index is 1.87. The van der Waals surface area contributed by atoms with Gasteiger partial charge in [0.05, 0.1) is 27.2 Å². The fourth-order valence-corrected chi connectivity index (χ4v) is 4.66. The maximum absolute atomic E-state index is 12.3. The van der Waals surface area contributed by atoms with Crippen molar-refractivity contribution in [3.05, 3.63) is 51.0 Å². The molecule has 0 N–H and O–H groups in total. The number of halogens is 3. The minimum atomic E-state index is -0.370. The lowest BCUT2D eigenvalue weighted by Gasteiger charge is -2.30. The molecule has 4 rings (SSSR count). The molecule has 0 spiro atoms. The summed E-state index contributed by atoms with van der Waals surface area (Å²) in [6.45, 7) is 7.24. The molecule has 2 aromatic carbocycles. The Morgan fingerprint density at radius 2 is 1.90 bits per heavy atom. The van der Waals surface area contributed by atoms with Crippen molar-refractivity contribution in [2.24, 2.45) is 5.92 Å². The monoisotopic (exact) mass is 479 g/mol. The summed E-state index contributed by atoms with van der Waals surface area (Å²) in [4.78, 5) is 19.3. The molecule has 1 unspecified atom stereocenters. The summed E-state index contributed by atoms with van der Waals surface area (Å²) in [6.07, 6.45) is 1.19. The Morgan fingerprint density at radius 1 is 1.13 bits per heavy atom. The Labute approximate surface area is 196 Å². The summed E-state index contributed by atoms with van der Waals surface area (Å²) in [5.41, 5.74) is 3.36. The van der Waals surface area contributed by atoms with E-state index in [9.17, 15) is 4.79 Å². The van der Waals surface area contributed by atoms with Crippen molar-refractivity contribution in [1.82, 2.24) is 9.55 Å². The highest BCUT2D eigenvalue weighted by Gasteiger charge is 2.29. The number of esters is 1.